The van der Waals surface area contributed by atoms with Crippen LogP contribution in [-0.4, -0.2) is 19.8 Å². The number of hydrogen-bond donors (Lipinski definition) is 1. The highest BCUT2D eigenvalue weighted by Gasteiger charge is 2.26. The number of aryl methyl sites for hydroxylation is 1. The van der Waals surface area contributed by atoms with Crippen LogP contribution in [0.3, 0.4) is 0 Å². The Bertz CT molecular complexity index is 498. The number of benzene rings is 1. The van der Waals surface area contributed by atoms with E-state index in [1.807, 2.05) is 19.1 Å². The second-order valence-electron chi connectivity index (χ2n) is 4.87. The average Bonchev–Trinajstić information content (AvgIpc) is 2.73. The Morgan fingerprint density at radius 3 is 2.50 bits per heavy atom. The van der Waals surface area contributed by atoms with Gasteiger partial charge in [0.2, 0.25) is 10.0 Å². The molecule has 2 atom stereocenters. The van der Waals surface area contributed by atoms with Crippen molar-refractivity contribution in [2.24, 2.45) is 5.92 Å². The lowest BCUT2D eigenvalue weighted by Crippen LogP contribution is -2.31. The molecule has 100 valence electrons. The molecule has 0 saturated heterocycles. The van der Waals surface area contributed by atoms with Gasteiger partial charge in [-0.15, -0.1) is 0 Å². The third-order valence-electron chi connectivity index (χ3n) is 3.43. The van der Waals surface area contributed by atoms with Gasteiger partial charge in [-0.05, 0) is 37.8 Å². The Balaban J connectivity index is 2.01. The lowest BCUT2D eigenvalue weighted by molar-refractivity contribution is 0.529. The summed E-state index contributed by atoms with van der Waals surface area (Å²) in [7, 11) is -3.36. The Kier molecular flexibility index (Phi) is 4.45. The van der Waals surface area contributed by atoms with Gasteiger partial charge in [-0.3, -0.25) is 0 Å². The Hall–Kier alpha value is -0.390. The fourth-order valence-electron chi connectivity index (χ4n) is 2.24. The van der Waals surface area contributed by atoms with Gasteiger partial charge in [0.15, 0.2) is 0 Å². The summed E-state index contributed by atoms with van der Waals surface area (Å²) in [6, 6.07) is 6.94. The molecule has 1 aliphatic rings. The maximum Gasteiger partial charge on any atom is 0.240 e. The van der Waals surface area contributed by atoms with Gasteiger partial charge >= 0.3 is 0 Å². The molecule has 3 nitrogen and oxygen atoms in total. The number of hydrogen-bond acceptors (Lipinski definition) is 2. The van der Waals surface area contributed by atoms with Crippen LogP contribution >= 0.6 is 15.9 Å². The summed E-state index contributed by atoms with van der Waals surface area (Å²) in [5.41, 5.74) is 1.06. The van der Waals surface area contributed by atoms with E-state index >= 15 is 0 Å². The first kappa shape index (κ1) is 14.0. The van der Waals surface area contributed by atoms with Crippen molar-refractivity contribution in [1.82, 2.24) is 4.72 Å². The van der Waals surface area contributed by atoms with Crippen LogP contribution < -0.4 is 4.72 Å². The van der Waals surface area contributed by atoms with E-state index in [0.29, 0.717) is 22.2 Å². The summed E-state index contributed by atoms with van der Waals surface area (Å²) in [6.45, 7) is 2.46. The fraction of sp³-hybridized carbons (Fsp3) is 0.538. The SMILES string of the molecule is Cc1ccc(S(=O)(=O)NCC2CCCC2Br)cc1. The molecule has 0 bridgehead atoms. The van der Waals surface area contributed by atoms with Gasteiger partial charge in [-0.25, -0.2) is 13.1 Å². The van der Waals surface area contributed by atoms with E-state index in [0.717, 1.165) is 18.4 Å². The van der Waals surface area contributed by atoms with Crippen LogP contribution in [0.15, 0.2) is 29.2 Å². The van der Waals surface area contributed by atoms with Crippen LogP contribution in [0.5, 0.6) is 0 Å². The molecular weight excluding hydrogens is 314 g/mol. The van der Waals surface area contributed by atoms with E-state index in [9.17, 15) is 8.42 Å². The second-order valence-corrected chi connectivity index (χ2v) is 7.82. The predicted molar refractivity (Wildman–Crippen MR) is 76.4 cm³/mol. The van der Waals surface area contributed by atoms with Gasteiger partial charge in [0.1, 0.15) is 0 Å². The molecule has 2 rings (SSSR count). The normalized spacial score (nSPS) is 24.3. The van der Waals surface area contributed by atoms with Gasteiger partial charge in [0.05, 0.1) is 4.90 Å². The molecule has 1 fully saturated rings. The molecule has 0 amide bonds. The Morgan fingerprint density at radius 1 is 1.28 bits per heavy atom. The maximum absolute atomic E-state index is 12.1. The zero-order valence-electron chi connectivity index (χ0n) is 10.4. The van der Waals surface area contributed by atoms with Gasteiger partial charge < -0.3 is 0 Å². The number of sulfonamides is 1. The third kappa shape index (κ3) is 3.33. The molecule has 0 aromatic heterocycles. The van der Waals surface area contributed by atoms with E-state index in [1.165, 1.54) is 6.42 Å². The molecular formula is C13H18BrNO2S. The standard InChI is InChI=1S/C13H18BrNO2S/c1-10-5-7-12(8-6-10)18(16,17)15-9-11-3-2-4-13(11)14/h5-8,11,13,15H,2-4,9H2,1H3. The minimum atomic E-state index is -3.36. The van der Waals surface area contributed by atoms with Crippen molar-refractivity contribution in [1.29, 1.82) is 0 Å². The first-order valence-electron chi connectivity index (χ1n) is 6.19. The first-order chi connectivity index (χ1) is 8.49. The minimum absolute atomic E-state index is 0.345. The summed E-state index contributed by atoms with van der Waals surface area (Å²) in [5, 5.41) is 0. The lowest BCUT2D eigenvalue weighted by atomic mass is 10.1. The van der Waals surface area contributed by atoms with E-state index in [4.69, 9.17) is 0 Å². The molecule has 5 heteroatoms. The summed E-state index contributed by atoms with van der Waals surface area (Å²) < 4.78 is 26.9. The molecule has 1 aromatic carbocycles. The predicted octanol–water partition coefficient (Wildman–Crippen LogP) is 2.84. The van der Waals surface area contributed by atoms with Crippen LogP contribution in [0, 0.1) is 12.8 Å². The van der Waals surface area contributed by atoms with E-state index < -0.39 is 10.0 Å². The van der Waals surface area contributed by atoms with Crippen molar-refractivity contribution in [3.63, 3.8) is 0 Å². The molecule has 1 aromatic rings. The highest BCUT2D eigenvalue weighted by atomic mass is 79.9. The summed E-state index contributed by atoms with van der Waals surface area (Å²) in [4.78, 5) is 0.787. The Labute approximate surface area is 117 Å². The zero-order valence-corrected chi connectivity index (χ0v) is 12.8. The van der Waals surface area contributed by atoms with Crippen LogP contribution in [0.25, 0.3) is 0 Å². The summed E-state index contributed by atoms with van der Waals surface area (Å²) >= 11 is 3.60. The Morgan fingerprint density at radius 2 is 1.94 bits per heavy atom. The highest BCUT2D eigenvalue weighted by molar-refractivity contribution is 9.09. The van der Waals surface area contributed by atoms with Crippen molar-refractivity contribution in [3.05, 3.63) is 29.8 Å². The third-order valence-corrected chi connectivity index (χ3v) is 6.08. The quantitative estimate of drug-likeness (QED) is 0.862. The van der Waals surface area contributed by atoms with E-state index in [1.54, 1.807) is 12.1 Å². The van der Waals surface area contributed by atoms with Crippen molar-refractivity contribution in [2.45, 2.75) is 35.9 Å². The number of rotatable bonds is 4. The van der Waals surface area contributed by atoms with E-state index in [-0.39, 0.29) is 0 Å². The van der Waals surface area contributed by atoms with Gasteiger partial charge in [0.25, 0.3) is 0 Å². The van der Waals surface area contributed by atoms with E-state index in [2.05, 4.69) is 20.7 Å². The van der Waals surface area contributed by atoms with Crippen LogP contribution in [0.1, 0.15) is 24.8 Å². The maximum atomic E-state index is 12.1. The van der Waals surface area contributed by atoms with Crippen molar-refractivity contribution < 1.29 is 8.42 Å². The molecule has 18 heavy (non-hydrogen) atoms. The molecule has 0 aliphatic heterocycles. The lowest BCUT2D eigenvalue weighted by Gasteiger charge is -2.15. The van der Waals surface area contributed by atoms with Crippen molar-refractivity contribution >= 4 is 26.0 Å². The minimum Gasteiger partial charge on any atom is -0.211 e. The molecule has 0 heterocycles. The molecule has 0 radical (unpaired) electrons. The average molecular weight is 332 g/mol. The second kappa shape index (κ2) is 5.72. The number of nitrogens with one attached hydrogen (secondary N) is 1. The zero-order chi connectivity index (χ0) is 13.2. The molecule has 2 unspecified atom stereocenters. The molecule has 0 spiro atoms. The molecule has 1 aliphatic carbocycles. The summed E-state index contributed by atoms with van der Waals surface area (Å²) in [6.07, 6.45) is 3.40. The van der Waals surface area contributed by atoms with Gasteiger partial charge in [0, 0.05) is 11.4 Å². The van der Waals surface area contributed by atoms with Crippen molar-refractivity contribution in [3.8, 4) is 0 Å². The van der Waals surface area contributed by atoms with Gasteiger partial charge in [-0.1, -0.05) is 40.0 Å². The monoisotopic (exact) mass is 331 g/mol. The smallest absolute Gasteiger partial charge is 0.211 e. The fourth-order valence-corrected chi connectivity index (χ4v) is 4.11. The molecule has 1 saturated carbocycles. The summed E-state index contributed by atoms with van der Waals surface area (Å²) in [5.74, 6) is 0.408. The highest BCUT2D eigenvalue weighted by Crippen LogP contribution is 2.31. The number of alkyl halides is 1. The van der Waals surface area contributed by atoms with Crippen molar-refractivity contribution in [2.75, 3.05) is 6.54 Å². The van der Waals surface area contributed by atoms with Gasteiger partial charge in [-0.2, -0.15) is 0 Å². The van der Waals surface area contributed by atoms with Crippen LogP contribution in [-0.2, 0) is 10.0 Å². The molecule has 1 N–H and O–H groups in total. The largest absolute Gasteiger partial charge is 0.240 e. The first-order valence-corrected chi connectivity index (χ1v) is 8.59. The number of halogens is 1. The van der Waals surface area contributed by atoms with Crippen LogP contribution in [0.4, 0.5) is 0 Å². The van der Waals surface area contributed by atoms with Crippen LogP contribution in [0.2, 0.25) is 0 Å². The topological polar surface area (TPSA) is 46.2 Å².